The summed E-state index contributed by atoms with van der Waals surface area (Å²) >= 11 is 0. The molecule has 1 fully saturated rings. The van der Waals surface area contributed by atoms with Crippen LogP contribution < -0.4 is 10.6 Å². The standard InChI is InChI=1S/C12H20N4O/c1-2-17-11-4-3-5-16(9-11)12-14-7-10(6-13)8-15-12/h7-8,11H,2-6,9,13H2,1H3. The molecular weight excluding hydrogens is 216 g/mol. The molecule has 5 heteroatoms. The molecule has 1 aliphatic rings. The highest BCUT2D eigenvalue weighted by Gasteiger charge is 2.21. The lowest BCUT2D eigenvalue weighted by molar-refractivity contribution is 0.0523. The predicted molar refractivity (Wildman–Crippen MR) is 66.8 cm³/mol. The van der Waals surface area contributed by atoms with Gasteiger partial charge in [0.15, 0.2) is 0 Å². The Hall–Kier alpha value is -1.20. The molecule has 2 rings (SSSR count). The van der Waals surface area contributed by atoms with Gasteiger partial charge in [0.1, 0.15) is 0 Å². The number of nitrogens with two attached hydrogens (primary N) is 1. The highest BCUT2D eigenvalue weighted by molar-refractivity contribution is 5.30. The Kier molecular flexibility index (Phi) is 4.28. The molecule has 2 N–H and O–H groups in total. The number of aromatic nitrogens is 2. The van der Waals surface area contributed by atoms with E-state index in [0.29, 0.717) is 12.6 Å². The number of nitrogens with zero attached hydrogens (tertiary/aromatic N) is 3. The van der Waals surface area contributed by atoms with Crippen LogP contribution in [0.3, 0.4) is 0 Å². The maximum Gasteiger partial charge on any atom is 0.225 e. The van der Waals surface area contributed by atoms with Crippen molar-refractivity contribution in [2.24, 2.45) is 5.73 Å². The fourth-order valence-electron chi connectivity index (χ4n) is 2.11. The van der Waals surface area contributed by atoms with Crippen LogP contribution in [-0.4, -0.2) is 35.8 Å². The van der Waals surface area contributed by atoms with Crippen molar-refractivity contribution in [2.45, 2.75) is 32.4 Å². The maximum absolute atomic E-state index is 5.66. The van der Waals surface area contributed by atoms with E-state index in [-0.39, 0.29) is 0 Å². The van der Waals surface area contributed by atoms with Crippen LogP contribution in [0, 0.1) is 0 Å². The van der Waals surface area contributed by atoms with Gasteiger partial charge in [-0.25, -0.2) is 9.97 Å². The van der Waals surface area contributed by atoms with Crippen LogP contribution in [0.15, 0.2) is 12.4 Å². The maximum atomic E-state index is 5.66. The average Bonchev–Trinajstić information content (AvgIpc) is 2.40. The van der Waals surface area contributed by atoms with E-state index < -0.39 is 0 Å². The Morgan fingerprint density at radius 1 is 1.47 bits per heavy atom. The highest BCUT2D eigenvalue weighted by atomic mass is 16.5. The molecule has 1 aromatic rings. The van der Waals surface area contributed by atoms with Crippen molar-refractivity contribution in [3.63, 3.8) is 0 Å². The molecule has 0 spiro atoms. The van der Waals surface area contributed by atoms with Crippen molar-refractivity contribution in [2.75, 3.05) is 24.6 Å². The third-order valence-corrected chi connectivity index (χ3v) is 2.99. The SMILES string of the molecule is CCOC1CCCN(c2ncc(CN)cn2)C1. The van der Waals surface area contributed by atoms with Crippen LogP contribution in [0.1, 0.15) is 25.3 Å². The molecule has 0 aliphatic carbocycles. The van der Waals surface area contributed by atoms with Crippen LogP contribution in [0.5, 0.6) is 0 Å². The number of hydrogen-bond donors (Lipinski definition) is 1. The van der Waals surface area contributed by atoms with Crippen LogP contribution in [0.4, 0.5) is 5.95 Å². The summed E-state index contributed by atoms with van der Waals surface area (Å²) < 4.78 is 5.66. The molecule has 1 unspecified atom stereocenters. The largest absolute Gasteiger partial charge is 0.377 e. The lowest BCUT2D eigenvalue weighted by Crippen LogP contribution is -2.40. The van der Waals surface area contributed by atoms with E-state index in [1.165, 1.54) is 0 Å². The van der Waals surface area contributed by atoms with Crippen molar-refractivity contribution in [1.82, 2.24) is 9.97 Å². The van der Waals surface area contributed by atoms with Crippen LogP contribution in [0.2, 0.25) is 0 Å². The molecule has 1 aromatic heterocycles. The monoisotopic (exact) mass is 236 g/mol. The Balaban J connectivity index is 2.00. The fraction of sp³-hybridized carbons (Fsp3) is 0.667. The molecule has 0 aromatic carbocycles. The molecule has 17 heavy (non-hydrogen) atoms. The summed E-state index contributed by atoms with van der Waals surface area (Å²) in [6, 6.07) is 0. The first-order valence-corrected chi connectivity index (χ1v) is 6.21. The summed E-state index contributed by atoms with van der Waals surface area (Å²) in [5.41, 5.74) is 6.49. The molecule has 1 atom stereocenters. The van der Waals surface area contributed by atoms with Gasteiger partial charge in [-0.05, 0) is 19.8 Å². The van der Waals surface area contributed by atoms with E-state index in [4.69, 9.17) is 10.5 Å². The van der Waals surface area contributed by atoms with Gasteiger partial charge in [-0.3, -0.25) is 0 Å². The van der Waals surface area contributed by atoms with E-state index in [0.717, 1.165) is 44.0 Å². The topological polar surface area (TPSA) is 64.3 Å². The van der Waals surface area contributed by atoms with Crippen molar-refractivity contribution in [3.8, 4) is 0 Å². The summed E-state index contributed by atoms with van der Waals surface area (Å²) in [5, 5.41) is 0. The molecule has 0 bridgehead atoms. The lowest BCUT2D eigenvalue weighted by Gasteiger charge is -2.32. The van der Waals surface area contributed by atoms with Crippen molar-refractivity contribution in [1.29, 1.82) is 0 Å². The number of hydrogen-bond acceptors (Lipinski definition) is 5. The van der Waals surface area contributed by atoms with Gasteiger partial charge in [0, 0.05) is 44.2 Å². The molecule has 0 amide bonds. The summed E-state index contributed by atoms with van der Waals surface area (Å²) in [6.45, 7) is 5.18. The lowest BCUT2D eigenvalue weighted by atomic mass is 10.1. The van der Waals surface area contributed by atoms with Gasteiger partial charge in [-0.1, -0.05) is 0 Å². The van der Waals surface area contributed by atoms with E-state index in [2.05, 4.69) is 14.9 Å². The first-order valence-electron chi connectivity index (χ1n) is 6.21. The Morgan fingerprint density at radius 2 is 2.24 bits per heavy atom. The van der Waals surface area contributed by atoms with Crippen LogP contribution >= 0.6 is 0 Å². The van der Waals surface area contributed by atoms with E-state index in [1.807, 2.05) is 6.92 Å². The van der Waals surface area contributed by atoms with Gasteiger partial charge in [0.2, 0.25) is 5.95 Å². The number of anilines is 1. The predicted octanol–water partition coefficient (Wildman–Crippen LogP) is 0.941. The van der Waals surface area contributed by atoms with Gasteiger partial charge in [-0.15, -0.1) is 0 Å². The molecule has 2 heterocycles. The van der Waals surface area contributed by atoms with Gasteiger partial charge in [0.05, 0.1) is 6.10 Å². The summed E-state index contributed by atoms with van der Waals surface area (Å²) in [7, 11) is 0. The molecule has 0 saturated carbocycles. The average molecular weight is 236 g/mol. The van der Waals surface area contributed by atoms with Gasteiger partial charge in [0.25, 0.3) is 0 Å². The van der Waals surface area contributed by atoms with E-state index >= 15 is 0 Å². The third kappa shape index (κ3) is 3.14. The minimum atomic E-state index is 0.312. The fourth-order valence-corrected chi connectivity index (χ4v) is 2.11. The van der Waals surface area contributed by atoms with Crippen molar-refractivity contribution < 1.29 is 4.74 Å². The Labute approximate surface area is 102 Å². The minimum Gasteiger partial charge on any atom is -0.377 e. The van der Waals surface area contributed by atoms with Gasteiger partial charge in [-0.2, -0.15) is 0 Å². The second-order valence-corrected chi connectivity index (χ2v) is 4.26. The second-order valence-electron chi connectivity index (χ2n) is 4.26. The zero-order valence-corrected chi connectivity index (χ0v) is 10.3. The Bertz CT molecular complexity index is 339. The summed E-state index contributed by atoms with van der Waals surface area (Å²) in [5.74, 6) is 0.784. The number of piperidine rings is 1. The van der Waals surface area contributed by atoms with Gasteiger partial charge >= 0.3 is 0 Å². The van der Waals surface area contributed by atoms with Crippen LogP contribution in [-0.2, 0) is 11.3 Å². The third-order valence-electron chi connectivity index (χ3n) is 2.99. The highest BCUT2D eigenvalue weighted by Crippen LogP contribution is 2.17. The molecule has 0 radical (unpaired) electrons. The second kappa shape index (κ2) is 5.93. The zero-order valence-electron chi connectivity index (χ0n) is 10.3. The van der Waals surface area contributed by atoms with E-state index in [9.17, 15) is 0 Å². The minimum absolute atomic E-state index is 0.312. The summed E-state index contributed by atoms with van der Waals surface area (Å²) in [6.07, 6.45) is 6.17. The molecule has 94 valence electrons. The zero-order chi connectivity index (χ0) is 12.1. The number of rotatable bonds is 4. The normalized spacial score (nSPS) is 20.6. The first-order chi connectivity index (χ1) is 8.33. The molecule has 5 nitrogen and oxygen atoms in total. The quantitative estimate of drug-likeness (QED) is 0.843. The summed E-state index contributed by atoms with van der Waals surface area (Å²) in [4.78, 5) is 10.9. The van der Waals surface area contributed by atoms with Crippen LogP contribution in [0.25, 0.3) is 0 Å². The first kappa shape index (κ1) is 12.3. The van der Waals surface area contributed by atoms with E-state index in [1.54, 1.807) is 12.4 Å². The van der Waals surface area contributed by atoms with Gasteiger partial charge < -0.3 is 15.4 Å². The van der Waals surface area contributed by atoms with Crippen molar-refractivity contribution in [3.05, 3.63) is 18.0 Å². The molecule has 1 aliphatic heterocycles. The van der Waals surface area contributed by atoms with Crippen molar-refractivity contribution >= 4 is 5.95 Å². The molecule has 1 saturated heterocycles. The Morgan fingerprint density at radius 3 is 2.88 bits per heavy atom. The smallest absolute Gasteiger partial charge is 0.225 e. The number of ether oxygens (including phenoxy) is 1. The molecular formula is C12H20N4O.